The van der Waals surface area contributed by atoms with Crippen LogP contribution in [0.3, 0.4) is 0 Å². The van der Waals surface area contributed by atoms with E-state index in [1.165, 1.54) is 4.57 Å². The third kappa shape index (κ3) is 2.89. The molecule has 1 fully saturated rings. The Labute approximate surface area is 118 Å². The number of hydrogen-bond donors (Lipinski definition) is 3. The molecule has 6 nitrogen and oxygen atoms in total. The van der Waals surface area contributed by atoms with Gasteiger partial charge in [0, 0.05) is 12.1 Å². The maximum atomic E-state index is 12.0. The second-order valence-electron chi connectivity index (χ2n) is 6.15. The van der Waals surface area contributed by atoms with Crippen molar-refractivity contribution < 1.29 is 0 Å². The molecule has 6 heteroatoms. The standard InChI is InChI=1S/C14H24N4O2/c1-4-5-8-18-11(15)10(12(19)16-13(18)20)17-14(2,3)9-6-7-9/h9,17H,4-8,15H2,1-3H3,(H,16,19,20). The summed E-state index contributed by atoms with van der Waals surface area (Å²) in [6, 6.07) is 0. The lowest BCUT2D eigenvalue weighted by Crippen LogP contribution is -2.40. The van der Waals surface area contributed by atoms with Gasteiger partial charge < -0.3 is 11.1 Å². The van der Waals surface area contributed by atoms with Crippen LogP contribution in [0, 0.1) is 5.92 Å². The molecule has 0 unspecified atom stereocenters. The van der Waals surface area contributed by atoms with Crippen molar-refractivity contribution >= 4 is 11.5 Å². The Balaban J connectivity index is 2.37. The molecule has 0 saturated heterocycles. The predicted molar refractivity (Wildman–Crippen MR) is 81.1 cm³/mol. The van der Waals surface area contributed by atoms with Crippen LogP contribution in [0.5, 0.6) is 0 Å². The van der Waals surface area contributed by atoms with E-state index in [4.69, 9.17) is 5.73 Å². The average molecular weight is 280 g/mol. The normalized spacial score (nSPS) is 15.3. The Kier molecular flexibility index (Phi) is 3.92. The highest BCUT2D eigenvalue weighted by Crippen LogP contribution is 2.41. The summed E-state index contributed by atoms with van der Waals surface area (Å²) in [4.78, 5) is 26.2. The van der Waals surface area contributed by atoms with Crippen LogP contribution >= 0.6 is 0 Å². The fraction of sp³-hybridized carbons (Fsp3) is 0.714. The van der Waals surface area contributed by atoms with Gasteiger partial charge in [0.05, 0.1) is 0 Å². The zero-order chi connectivity index (χ0) is 14.9. The summed E-state index contributed by atoms with van der Waals surface area (Å²) in [6.07, 6.45) is 4.13. The van der Waals surface area contributed by atoms with E-state index in [2.05, 4.69) is 24.1 Å². The fourth-order valence-electron chi connectivity index (χ4n) is 2.48. The van der Waals surface area contributed by atoms with Gasteiger partial charge in [-0.05, 0) is 39.0 Å². The number of aromatic nitrogens is 2. The van der Waals surface area contributed by atoms with Gasteiger partial charge >= 0.3 is 5.69 Å². The van der Waals surface area contributed by atoms with Crippen molar-refractivity contribution in [3.05, 3.63) is 20.8 Å². The Morgan fingerprint density at radius 1 is 1.40 bits per heavy atom. The number of nitrogens with two attached hydrogens (primary N) is 1. The van der Waals surface area contributed by atoms with Crippen LogP contribution in [0.25, 0.3) is 0 Å². The number of nitrogens with one attached hydrogen (secondary N) is 2. The van der Waals surface area contributed by atoms with Gasteiger partial charge in [-0.2, -0.15) is 0 Å². The largest absolute Gasteiger partial charge is 0.383 e. The Morgan fingerprint density at radius 3 is 2.60 bits per heavy atom. The third-order valence-corrected chi connectivity index (χ3v) is 4.02. The lowest BCUT2D eigenvalue weighted by atomic mass is 9.98. The quantitative estimate of drug-likeness (QED) is 0.736. The summed E-state index contributed by atoms with van der Waals surface area (Å²) in [5.41, 5.74) is 5.29. The molecule has 1 aliphatic rings. The first-order valence-electron chi connectivity index (χ1n) is 7.27. The number of nitrogens with zero attached hydrogens (tertiary/aromatic N) is 1. The van der Waals surface area contributed by atoms with Crippen LogP contribution < -0.4 is 22.3 Å². The maximum absolute atomic E-state index is 12.0. The topological polar surface area (TPSA) is 92.9 Å². The molecule has 4 N–H and O–H groups in total. The van der Waals surface area contributed by atoms with Crippen LogP contribution in [-0.4, -0.2) is 15.1 Å². The zero-order valence-electron chi connectivity index (χ0n) is 12.5. The molecule has 1 saturated carbocycles. The van der Waals surface area contributed by atoms with Crippen molar-refractivity contribution in [3.63, 3.8) is 0 Å². The molecular weight excluding hydrogens is 256 g/mol. The molecule has 0 aliphatic heterocycles. The van der Waals surface area contributed by atoms with Crippen molar-refractivity contribution in [1.29, 1.82) is 0 Å². The molecule has 0 spiro atoms. The summed E-state index contributed by atoms with van der Waals surface area (Å²) in [6.45, 7) is 6.69. The smallest absolute Gasteiger partial charge is 0.330 e. The molecule has 0 amide bonds. The van der Waals surface area contributed by atoms with Gasteiger partial charge in [-0.1, -0.05) is 13.3 Å². The molecule has 1 aromatic rings. The van der Waals surface area contributed by atoms with Gasteiger partial charge in [0.2, 0.25) is 0 Å². The number of aromatic amines is 1. The Morgan fingerprint density at radius 2 is 2.05 bits per heavy atom. The summed E-state index contributed by atoms with van der Waals surface area (Å²) in [5.74, 6) is 0.790. The summed E-state index contributed by atoms with van der Waals surface area (Å²) < 4.78 is 1.44. The molecular formula is C14H24N4O2. The molecule has 0 radical (unpaired) electrons. The highest BCUT2D eigenvalue weighted by molar-refractivity contribution is 5.61. The van der Waals surface area contributed by atoms with Gasteiger partial charge in [-0.3, -0.25) is 14.3 Å². The highest BCUT2D eigenvalue weighted by Gasteiger charge is 2.38. The van der Waals surface area contributed by atoms with Gasteiger partial charge in [-0.15, -0.1) is 0 Å². The van der Waals surface area contributed by atoms with E-state index in [9.17, 15) is 9.59 Å². The minimum absolute atomic E-state index is 0.186. The molecule has 1 aliphatic carbocycles. The number of unbranched alkanes of at least 4 members (excludes halogenated alkanes) is 1. The van der Waals surface area contributed by atoms with Crippen LogP contribution in [0.4, 0.5) is 11.5 Å². The van der Waals surface area contributed by atoms with Crippen LogP contribution in [0.1, 0.15) is 46.5 Å². The van der Waals surface area contributed by atoms with E-state index < -0.39 is 11.2 Å². The molecule has 0 aromatic carbocycles. The van der Waals surface area contributed by atoms with Crippen molar-refractivity contribution in [2.75, 3.05) is 11.1 Å². The number of anilines is 2. The SMILES string of the molecule is CCCCn1c(N)c(NC(C)(C)C2CC2)c(=O)[nH]c1=O. The van der Waals surface area contributed by atoms with Crippen molar-refractivity contribution in [2.24, 2.45) is 5.92 Å². The number of hydrogen-bond acceptors (Lipinski definition) is 4. The Hall–Kier alpha value is -1.72. The molecule has 1 heterocycles. The van der Waals surface area contributed by atoms with Crippen LogP contribution in [-0.2, 0) is 6.54 Å². The minimum atomic E-state index is -0.436. The van der Waals surface area contributed by atoms with E-state index >= 15 is 0 Å². The molecule has 2 rings (SSSR count). The average Bonchev–Trinajstić information content (AvgIpc) is 3.19. The van der Waals surface area contributed by atoms with E-state index in [1.807, 2.05) is 6.92 Å². The summed E-state index contributed by atoms with van der Waals surface area (Å²) in [5, 5.41) is 3.23. The first-order chi connectivity index (χ1) is 9.36. The molecule has 20 heavy (non-hydrogen) atoms. The van der Waals surface area contributed by atoms with E-state index in [-0.39, 0.29) is 11.4 Å². The van der Waals surface area contributed by atoms with Crippen molar-refractivity contribution in [3.8, 4) is 0 Å². The predicted octanol–water partition coefficient (Wildman–Crippen LogP) is 1.52. The van der Waals surface area contributed by atoms with Gasteiger partial charge in [0.15, 0.2) is 0 Å². The van der Waals surface area contributed by atoms with Crippen LogP contribution in [0.2, 0.25) is 0 Å². The number of H-pyrrole nitrogens is 1. The van der Waals surface area contributed by atoms with Gasteiger partial charge in [0.25, 0.3) is 5.56 Å². The maximum Gasteiger partial charge on any atom is 0.330 e. The minimum Gasteiger partial charge on any atom is -0.383 e. The lowest BCUT2D eigenvalue weighted by molar-refractivity contribution is 0.492. The second-order valence-corrected chi connectivity index (χ2v) is 6.15. The fourth-order valence-corrected chi connectivity index (χ4v) is 2.48. The molecule has 112 valence electrons. The molecule has 1 aromatic heterocycles. The van der Waals surface area contributed by atoms with Crippen LogP contribution in [0.15, 0.2) is 9.59 Å². The van der Waals surface area contributed by atoms with Crippen molar-refractivity contribution in [2.45, 2.75) is 58.5 Å². The van der Waals surface area contributed by atoms with E-state index in [1.54, 1.807) is 0 Å². The summed E-state index contributed by atoms with van der Waals surface area (Å²) in [7, 11) is 0. The van der Waals surface area contributed by atoms with Crippen molar-refractivity contribution in [1.82, 2.24) is 9.55 Å². The first-order valence-corrected chi connectivity index (χ1v) is 7.27. The van der Waals surface area contributed by atoms with Gasteiger partial charge in [-0.25, -0.2) is 4.79 Å². The highest BCUT2D eigenvalue weighted by atomic mass is 16.2. The zero-order valence-corrected chi connectivity index (χ0v) is 12.5. The molecule has 0 bridgehead atoms. The second kappa shape index (κ2) is 5.34. The molecule has 0 atom stereocenters. The number of rotatable bonds is 6. The summed E-state index contributed by atoms with van der Waals surface area (Å²) >= 11 is 0. The van der Waals surface area contributed by atoms with Gasteiger partial charge in [0.1, 0.15) is 11.5 Å². The van der Waals surface area contributed by atoms with E-state index in [0.29, 0.717) is 18.2 Å². The third-order valence-electron chi connectivity index (χ3n) is 4.02. The monoisotopic (exact) mass is 280 g/mol. The number of nitrogen functional groups attached to an aromatic ring is 1. The first kappa shape index (κ1) is 14.7. The lowest BCUT2D eigenvalue weighted by Gasteiger charge is -2.28. The van der Waals surface area contributed by atoms with E-state index in [0.717, 1.165) is 25.7 Å². The Bertz CT molecular complexity index is 596.